The standard InChI is InChI=1S/C18H26N4O4/c1-25-16-4-2-15(3-5-16)22-13-14(12-17(22)23)20-18(24)19-6-7-21-8-10-26-11-9-21/h2-5,14H,6-13H2,1H3,(H2,19,20,24)/t14-/m1/s1. The molecule has 2 N–H and O–H groups in total. The van der Waals surface area contributed by atoms with Crippen LogP contribution in [0.2, 0.25) is 0 Å². The van der Waals surface area contributed by atoms with Crippen molar-refractivity contribution in [3.8, 4) is 5.75 Å². The maximum absolute atomic E-state index is 12.2. The second-order valence-electron chi connectivity index (χ2n) is 6.46. The van der Waals surface area contributed by atoms with Gasteiger partial charge in [-0.3, -0.25) is 9.69 Å². The molecule has 2 heterocycles. The van der Waals surface area contributed by atoms with Crippen molar-refractivity contribution < 1.29 is 19.1 Å². The van der Waals surface area contributed by atoms with Gasteiger partial charge in [0, 0.05) is 44.8 Å². The van der Waals surface area contributed by atoms with E-state index in [-0.39, 0.29) is 18.0 Å². The second-order valence-corrected chi connectivity index (χ2v) is 6.46. The van der Waals surface area contributed by atoms with Crippen LogP contribution in [-0.4, -0.2) is 75.9 Å². The minimum atomic E-state index is -0.229. The Kier molecular flexibility index (Phi) is 6.30. The molecule has 26 heavy (non-hydrogen) atoms. The number of hydrogen-bond acceptors (Lipinski definition) is 5. The summed E-state index contributed by atoms with van der Waals surface area (Å²) in [7, 11) is 1.60. The van der Waals surface area contributed by atoms with E-state index >= 15 is 0 Å². The van der Waals surface area contributed by atoms with Crippen molar-refractivity contribution in [2.24, 2.45) is 0 Å². The van der Waals surface area contributed by atoms with Crippen LogP contribution in [0.5, 0.6) is 5.75 Å². The van der Waals surface area contributed by atoms with Crippen molar-refractivity contribution in [2.75, 3.05) is 57.9 Å². The lowest BCUT2D eigenvalue weighted by Crippen LogP contribution is -2.46. The van der Waals surface area contributed by atoms with Crippen LogP contribution in [0.4, 0.5) is 10.5 Å². The summed E-state index contributed by atoms with van der Waals surface area (Å²) in [5.41, 5.74) is 0.813. The molecule has 2 aliphatic rings. The first-order valence-corrected chi connectivity index (χ1v) is 8.94. The van der Waals surface area contributed by atoms with Crippen LogP contribution in [0.1, 0.15) is 6.42 Å². The smallest absolute Gasteiger partial charge is 0.315 e. The van der Waals surface area contributed by atoms with E-state index in [1.165, 1.54) is 0 Å². The van der Waals surface area contributed by atoms with Gasteiger partial charge in [-0.15, -0.1) is 0 Å². The average molecular weight is 362 g/mol. The number of hydrogen-bond donors (Lipinski definition) is 2. The van der Waals surface area contributed by atoms with Gasteiger partial charge in [-0.1, -0.05) is 0 Å². The molecule has 2 saturated heterocycles. The van der Waals surface area contributed by atoms with Crippen molar-refractivity contribution in [2.45, 2.75) is 12.5 Å². The SMILES string of the molecule is COc1ccc(N2C[C@H](NC(=O)NCCN3CCOCC3)CC2=O)cc1. The Morgan fingerprint density at radius 1 is 1.27 bits per heavy atom. The number of nitrogens with one attached hydrogen (secondary N) is 2. The third-order valence-corrected chi connectivity index (χ3v) is 4.66. The van der Waals surface area contributed by atoms with Crippen molar-refractivity contribution >= 4 is 17.6 Å². The van der Waals surface area contributed by atoms with E-state index < -0.39 is 0 Å². The number of rotatable bonds is 6. The predicted molar refractivity (Wildman–Crippen MR) is 97.5 cm³/mol. The number of ether oxygens (including phenoxy) is 2. The molecule has 8 heteroatoms. The Bertz CT molecular complexity index is 616. The number of benzene rings is 1. The van der Waals surface area contributed by atoms with Crippen LogP contribution >= 0.6 is 0 Å². The lowest BCUT2D eigenvalue weighted by molar-refractivity contribution is -0.117. The molecule has 0 aromatic heterocycles. The highest BCUT2D eigenvalue weighted by Gasteiger charge is 2.31. The first-order chi connectivity index (χ1) is 12.7. The molecule has 0 saturated carbocycles. The van der Waals surface area contributed by atoms with Gasteiger partial charge in [-0.05, 0) is 24.3 Å². The molecule has 1 atom stereocenters. The van der Waals surface area contributed by atoms with Crippen molar-refractivity contribution in [3.63, 3.8) is 0 Å². The predicted octanol–water partition coefficient (Wildman–Crippen LogP) is 0.432. The fourth-order valence-corrected chi connectivity index (χ4v) is 3.20. The molecular formula is C18H26N4O4. The van der Waals surface area contributed by atoms with E-state index in [9.17, 15) is 9.59 Å². The van der Waals surface area contributed by atoms with Crippen molar-refractivity contribution in [1.29, 1.82) is 0 Å². The number of urea groups is 1. The average Bonchev–Trinajstić information content (AvgIpc) is 3.02. The van der Waals surface area contributed by atoms with Gasteiger partial charge in [0.1, 0.15) is 5.75 Å². The summed E-state index contributed by atoms with van der Waals surface area (Å²) in [6.07, 6.45) is 0.308. The Hall–Kier alpha value is -2.32. The second kappa shape index (κ2) is 8.86. The summed E-state index contributed by atoms with van der Waals surface area (Å²) in [6, 6.07) is 6.92. The number of carbonyl (C=O) groups is 2. The number of anilines is 1. The third-order valence-electron chi connectivity index (χ3n) is 4.66. The topological polar surface area (TPSA) is 83.1 Å². The monoisotopic (exact) mass is 362 g/mol. The van der Waals surface area contributed by atoms with Crippen LogP contribution < -0.4 is 20.3 Å². The van der Waals surface area contributed by atoms with E-state index in [2.05, 4.69) is 15.5 Å². The Balaban J connectivity index is 1.42. The summed E-state index contributed by atoms with van der Waals surface area (Å²) in [5, 5.41) is 5.75. The molecule has 0 spiro atoms. The maximum atomic E-state index is 12.2. The van der Waals surface area contributed by atoms with E-state index in [1.807, 2.05) is 24.3 Å². The highest BCUT2D eigenvalue weighted by molar-refractivity contribution is 5.96. The van der Waals surface area contributed by atoms with Crippen LogP contribution in [-0.2, 0) is 9.53 Å². The number of morpholine rings is 1. The number of methoxy groups -OCH3 is 1. The molecule has 8 nitrogen and oxygen atoms in total. The molecule has 0 radical (unpaired) electrons. The molecule has 1 aromatic rings. The zero-order valence-electron chi connectivity index (χ0n) is 15.1. The zero-order chi connectivity index (χ0) is 18.4. The first kappa shape index (κ1) is 18.5. The van der Waals surface area contributed by atoms with Gasteiger partial charge < -0.3 is 25.0 Å². The van der Waals surface area contributed by atoms with Gasteiger partial charge in [0.05, 0.1) is 26.4 Å². The van der Waals surface area contributed by atoms with E-state index in [4.69, 9.17) is 9.47 Å². The zero-order valence-corrected chi connectivity index (χ0v) is 15.1. The molecule has 1 aromatic carbocycles. The van der Waals surface area contributed by atoms with E-state index in [0.29, 0.717) is 19.5 Å². The van der Waals surface area contributed by atoms with Crippen LogP contribution in [0, 0.1) is 0 Å². The molecule has 0 aliphatic carbocycles. The van der Waals surface area contributed by atoms with E-state index in [1.54, 1.807) is 12.0 Å². The Morgan fingerprint density at radius 2 is 2.00 bits per heavy atom. The fraction of sp³-hybridized carbons (Fsp3) is 0.556. The van der Waals surface area contributed by atoms with Gasteiger partial charge in [-0.25, -0.2) is 4.79 Å². The van der Waals surface area contributed by atoms with E-state index in [0.717, 1.165) is 44.3 Å². The van der Waals surface area contributed by atoms with Crippen molar-refractivity contribution in [3.05, 3.63) is 24.3 Å². The van der Waals surface area contributed by atoms with Crippen LogP contribution in [0.25, 0.3) is 0 Å². The summed E-state index contributed by atoms with van der Waals surface area (Å²) in [5.74, 6) is 0.753. The summed E-state index contributed by atoms with van der Waals surface area (Å²) in [6.45, 7) is 5.15. The Morgan fingerprint density at radius 3 is 2.69 bits per heavy atom. The summed E-state index contributed by atoms with van der Waals surface area (Å²) < 4.78 is 10.4. The maximum Gasteiger partial charge on any atom is 0.315 e. The third kappa shape index (κ3) is 4.86. The number of carbonyl (C=O) groups excluding carboxylic acids is 2. The highest BCUT2D eigenvalue weighted by atomic mass is 16.5. The molecule has 3 rings (SSSR count). The minimum Gasteiger partial charge on any atom is -0.497 e. The molecule has 142 valence electrons. The molecule has 2 aliphatic heterocycles. The van der Waals surface area contributed by atoms with Gasteiger partial charge >= 0.3 is 6.03 Å². The van der Waals surface area contributed by atoms with Gasteiger partial charge in [-0.2, -0.15) is 0 Å². The molecule has 2 fully saturated rings. The van der Waals surface area contributed by atoms with Crippen molar-refractivity contribution in [1.82, 2.24) is 15.5 Å². The minimum absolute atomic E-state index is 0.00813. The van der Waals surface area contributed by atoms with Gasteiger partial charge in [0.25, 0.3) is 0 Å². The number of amides is 3. The van der Waals surface area contributed by atoms with Crippen LogP contribution in [0.3, 0.4) is 0 Å². The number of nitrogens with zero attached hydrogens (tertiary/aromatic N) is 2. The summed E-state index contributed by atoms with van der Waals surface area (Å²) >= 11 is 0. The lowest BCUT2D eigenvalue weighted by atomic mass is 10.2. The first-order valence-electron chi connectivity index (χ1n) is 8.94. The normalized spacial score (nSPS) is 20.9. The molecule has 0 bridgehead atoms. The Labute approximate surface area is 153 Å². The fourth-order valence-electron chi connectivity index (χ4n) is 3.20. The lowest BCUT2D eigenvalue weighted by Gasteiger charge is -2.26. The molecular weight excluding hydrogens is 336 g/mol. The van der Waals surface area contributed by atoms with Crippen LogP contribution in [0.15, 0.2) is 24.3 Å². The largest absolute Gasteiger partial charge is 0.497 e. The van der Waals surface area contributed by atoms with Gasteiger partial charge in [0.2, 0.25) is 5.91 Å². The molecule has 0 unspecified atom stereocenters. The summed E-state index contributed by atoms with van der Waals surface area (Å²) in [4.78, 5) is 28.3. The molecule has 3 amide bonds. The highest BCUT2D eigenvalue weighted by Crippen LogP contribution is 2.24. The van der Waals surface area contributed by atoms with Gasteiger partial charge in [0.15, 0.2) is 0 Å². The quantitative estimate of drug-likeness (QED) is 0.767.